The highest BCUT2D eigenvalue weighted by atomic mass is 19.4. The van der Waals surface area contributed by atoms with Gasteiger partial charge in [0.05, 0.1) is 25.8 Å². The van der Waals surface area contributed by atoms with Crippen LogP contribution in [0.2, 0.25) is 0 Å². The van der Waals surface area contributed by atoms with Gasteiger partial charge in [0.15, 0.2) is 6.10 Å². The van der Waals surface area contributed by atoms with Crippen molar-refractivity contribution in [3.8, 4) is 5.75 Å². The Morgan fingerprint density at radius 3 is 2.65 bits per heavy atom. The number of nitrogens with zero attached hydrogens (tertiary/aromatic N) is 1. The Kier molecular flexibility index (Phi) is 5.09. The van der Waals surface area contributed by atoms with E-state index in [9.17, 15) is 22.8 Å². The lowest BCUT2D eigenvalue weighted by Gasteiger charge is -2.31. The molecule has 1 amide bonds. The van der Waals surface area contributed by atoms with Gasteiger partial charge in [-0.3, -0.25) is 4.79 Å². The Bertz CT molecular complexity index is 590. The van der Waals surface area contributed by atoms with Crippen molar-refractivity contribution in [1.29, 1.82) is 0 Å². The number of benzene rings is 1. The zero-order chi connectivity index (χ0) is 17.0. The second kappa shape index (κ2) is 6.86. The molecule has 0 aromatic heterocycles. The molecule has 23 heavy (non-hydrogen) atoms. The van der Waals surface area contributed by atoms with E-state index in [-0.39, 0.29) is 25.3 Å². The molecule has 9 heteroatoms. The molecule has 0 N–H and O–H groups in total. The SMILES string of the molecule is COC(=O)[C@@H]1CN(C(=O)c2ccccc2OC(F)(F)F)CCO1. The lowest BCUT2D eigenvalue weighted by Crippen LogP contribution is -2.49. The molecule has 1 saturated heterocycles. The quantitative estimate of drug-likeness (QED) is 0.786. The fraction of sp³-hybridized carbons (Fsp3) is 0.429. The number of esters is 1. The van der Waals surface area contributed by atoms with Crippen LogP contribution in [0.5, 0.6) is 5.75 Å². The molecule has 126 valence electrons. The van der Waals surface area contributed by atoms with E-state index in [4.69, 9.17) is 4.74 Å². The lowest BCUT2D eigenvalue weighted by molar-refractivity contribution is -0.274. The summed E-state index contributed by atoms with van der Waals surface area (Å²) >= 11 is 0. The standard InChI is InChI=1S/C14H14F3NO5/c1-21-13(20)11-8-18(6-7-22-11)12(19)9-4-2-3-5-10(9)23-14(15,16)17/h2-5,11H,6-8H2,1H3/t11-/m0/s1. The van der Waals surface area contributed by atoms with Crippen LogP contribution in [0.3, 0.4) is 0 Å². The number of rotatable bonds is 3. The van der Waals surface area contributed by atoms with E-state index in [1.807, 2.05) is 0 Å². The molecular weight excluding hydrogens is 319 g/mol. The minimum atomic E-state index is -4.91. The number of carbonyl (C=O) groups is 2. The van der Waals surface area contributed by atoms with Crippen LogP contribution in [-0.2, 0) is 14.3 Å². The van der Waals surface area contributed by atoms with Gasteiger partial charge in [-0.15, -0.1) is 13.2 Å². The predicted octanol–water partition coefficient (Wildman–Crippen LogP) is 1.60. The Balaban J connectivity index is 2.18. The largest absolute Gasteiger partial charge is 0.573 e. The maximum absolute atomic E-state index is 12.4. The normalized spacial score (nSPS) is 18.4. The number of carbonyl (C=O) groups excluding carboxylic acids is 2. The molecule has 1 fully saturated rings. The molecule has 1 aliphatic rings. The van der Waals surface area contributed by atoms with Crippen molar-refractivity contribution < 1.29 is 37.0 Å². The molecule has 1 aliphatic heterocycles. The molecule has 1 aromatic carbocycles. The molecule has 0 radical (unpaired) electrons. The monoisotopic (exact) mass is 333 g/mol. The van der Waals surface area contributed by atoms with Gasteiger partial charge < -0.3 is 19.1 Å². The third kappa shape index (κ3) is 4.35. The molecule has 6 nitrogen and oxygen atoms in total. The zero-order valence-electron chi connectivity index (χ0n) is 12.1. The second-order valence-electron chi connectivity index (χ2n) is 4.68. The van der Waals surface area contributed by atoms with Gasteiger partial charge in [-0.2, -0.15) is 0 Å². The number of hydrogen-bond acceptors (Lipinski definition) is 5. The van der Waals surface area contributed by atoms with Crippen LogP contribution >= 0.6 is 0 Å². The fourth-order valence-corrected chi connectivity index (χ4v) is 2.14. The van der Waals surface area contributed by atoms with Gasteiger partial charge in [0.1, 0.15) is 5.75 Å². The maximum Gasteiger partial charge on any atom is 0.573 e. The number of halogens is 3. The van der Waals surface area contributed by atoms with Gasteiger partial charge in [-0.25, -0.2) is 4.79 Å². The number of hydrogen-bond donors (Lipinski definition) is 0. The van der Waals surface area contributed by atoms with E-state index in [1.54, 1.807) is 0 Å². The molecule has 0 bridgehead atoms. The number of amides is 1. The molecule has 1 aromatic rings. The Morgan fingerprint density at radius 2 is 2.00 bits per heavy atom. The third-order valence-electron chi connectivity index (χ3n) is 3.16. The summed E-state index contributed by atoms with van der Waals surface area (Å²) in [6.07, 6.45) is -5.87. The molecule has 2 rings (SSSR count). The van der Waals surface area contributed by atoms with Crippen LogP contribution in [0.25, 0.3) is 0 Å². The third-order valence-corrected chi connectivity index (χ3v) is 3.16. The summed E-state index contributed by atoms with van der Waals surface area (Å²) in [6.45, 7) is 0.117. The smallest absolute Gasteiger partial charge is 0.467 e. The minimum absolute atomic E-state index is 0.0772. The molecule has 0 spiro atoms. The van der Waals surface area contributed by atoms with Crippen LogP contribution in [0.4, 0.5) is 13.2 Å². The highest BCUT2D eigenvalue weighted by molar-refractivity contribution is 5.97. The molecule has 1 atom stereocenters. The van der Waals surface area contributed by atoms with Crippen molar-refractivity contribution in [3.05, 3.63) is 29.8 Å². The predicted molar refractivity (Wildman–Crippen MR) is 70.8 cm³/mol. The molecule has 1 heterocycles. The van der Waals surface area contributed by atoms with Gasteiger partial charge in [0.2, 0.25) is 0 Å². The Labute approximate surface area is 129 Å². The molecule has 0 aliphatic carbocycles. The highest BCUT2D eigenvalue weighted by Crippen LogP contribution is 2.27. The first-order valence-electron chi connectivity index (χ1n) is 6.65. The first kappa shape index (κ1) is 17.1. The number of alkyl halides is 3. The van der Waals surface area contributed by atoms with E-state index < -0.39 is 30.1 Å². The first-order chi connectivity index (χ1) is 10.8. The molecular formula is C14H14F3NO5. The summed E-state index contributed by atoms with van der Waals surface area (Å²) in [5, 5.41) is 0. The van der Waals surface area contributed by atoms with Crippen molar-refractivity contribution in [2.45, 2.75) is 12.5 Å². The summed E-state index contributed by atoms with van der Waals surface area (Å²) in [5.74, 6) is -1.92. The first-order valence-corrected chi connectivity index (χ1v) is 6.65. The van der Waals surface area contributed by atoms with E-state index in [2.05, 4.69) is 9.47 Å². The Hall–Kier alpha value is -2.29. The van der Waals surface area contributed by atoms with Crippen LogP contribution in [0.1, 0.15) is 10.4 Å². The van der Waals surface area contributed by atoms with Gasteiger partial charge in [-0.1, -0.05) is 12.1 Å². The van der Waals surface area contributed by atoms with Gasteiger partial charge in [0, 0.05) is 6.54 Å². The minimum Gasteiger partial charge on any atom is -0.467 e. The number of para-hydroxylation sites is 1. The lowest BCUT2D eigenvalue weighted by atomic mass is 10.1. The van der Waals surface area contributed by atoms with E-state index in [0.29, 0.717) is 0 Å². The van der Waals surface area contributed by atoms with Crippen LogP contribution in [0, 0.1) is 0 Å². The van der Waals surface area contributed by atoms with Crippen LogP contribution < -0.4 is 4.74 Å². The van der Waals surface area contributed by atoms with Gasteiger partial charge in [0.25, 0.3) is 5.91 Å². The van der Waals surface area contributed by atoms with Crippen molar-refractivity contribution >= 4 is 11.9 Å². The van der Waals surface area contributed by atoms with E-state index >= 15 is 0 Å². The van der Waals surface area contributed by atoms with Crippen molar-refractivity contribution in [2.75, 3.05) is 26.8 Å². The van der Waals surface area contributed by atoms with E-state index in [1.165, 1.54) is 30.2 Å². The highest BCUT2D eigenvalue weighted by Gasteiger charge is 2.35. The molecule has 0 unspecified atom stereocenters. The Morgan fingerprint density at radius 1 is 1.30 bits per heavy atom. The van der Waals surface area contributed by atoms with Crippen molar-refractivity contribution in [1.82, 2.24) is 4.90 Å². The average molecular weight is 333 g/mol. The summed E-state index contributed by atoms with van der Waals surface area (Å²) in [6, 6.07) is 5.04. The summed E-state index contributed by atoms with van der Waals surface area (Å²) in [7, 11) is 1.18. The van der Waals surface area contributed by atoms with E-state index in [0.717, 1.165) is 6.07 Å². The fourth-order valence-electron chi connectivity index (χ4n) is 2.14. The van der Waals surface area contributed by atoms with Crippen LogP contribution in [-0.4, -0.2) is 56.0 Å². The topological polar surface area (TPSA) is 65.1 Å². The van der Waals surface area contributed by atoms with Crippen molar-refractivity contribution in [3.63, 3.8) is 0 Å². The number of morpholine rings is 1. The summed E-state index contributed by atoms with van der Waals surface area (Å²) in [4.78, 5) is 25.1. The number of methoxy groups -OCH3 is 1. The zero-order valence-corrected chi connectivity index (χ0v) is 12.1. The number of ether oxygens (including phenoxy) is 3. The second-order valence-corrected chi connectivity index (χ2v) is 4.68. The van der Waals surface area contributed by atoms with Gasteiger partial charge in [-0.05, 0) is 12.1 Å². The van der Waals surface area contributed by atoms with Gasteiger partial charge >= 0.3 is 12.3 Å². The average Bonchev–Trinajstić information content (AvgIpc) is 2.52. The maximum atomic E-state index is 12.4. The van der Waals surface area contributed by atoms with Crippen molar-refractivity contribution in [2.24, 2.45) is 0 Å². The van der Waals surface area contributed by atoms with Crippen LogP contribution in [0.15, 0.2) is 24.3 Å². The summed E-state index contributed by atoms with van der Waals surface area (Å²) < 4.78 is 50.8. The summed E-state index contributed by atoms with van der Waals surface area (Å²) in [5.41, 5.74) is -0.240. The molecule has 0 saturated carbocycles.